The average molecular weight is 277 g/mol. The Hall–Kier alpha value is -1.75. The first-order valence-corrected chi connectivity index (χ1v) is 6.55. The van der Waals surface area contributed by atoms with Gasteiger partial charge in [0.15, 0.2) is 16.8 Å². The molecule has 0 aliphatic heterocycles. The molecule has 5 nitrogen and oxygen atoms in total. The van der Waals surface area contributed by atoms with Gasteiger partial charge in [0.25, 0.3) is 0 Å². The molecule has 2 aromatic rings. The molecule has 0 spiro atoms. The fourth-order valence-corrected chi connectivity index (χ4v) is 2.66. The van der Waals surface area contributed by atoms with Gasteiger partial charge in [-0.2, -0.15) is 5.10 Å². The summed E-state index contributed by atoms with van der Waals surface area (Å²) < 4.78 is 1.71. The second kappa shape index (κ2) is 4.42. The standard InChI is InChI=1S/C13H13ClN4O/c1-7-5-9-13(10(19)6-7)8(2)17-18(9)12-4-3-11(14)15-16-12/h3-4,7H,5-6H2,1-2H3. The van der Waals surface area contributed by atoms with E-state index in [1.807, 2.05) is 6.92 Å². The van der Waals surface area contributed by atoms with E-state index in [1.54, 1.807) is 16.8 Å². The normalized spacial score (nSPS) is 18.5. The molecule has 0 aromatic carbocycles. The fraction of sp³-hybridized carbons (Fsp3) is 0.385. The first-order valence-electron chi connectivity index (χ1n) is 6.17. The number of hydrogen-bond donors (Lipinski definition) is 0. The van der Waals surface area contributed by atoms with E-state index in [0.29, 0.717) is 23.3 Å². The molecule has 0 bridgehead atoms. The Morgan fingerprint density at radius 3 is 2.79 bits per heavy atom. The molecule has 0 amide bonds. The van der Waals surface area contributed by atoms with Gasteiger partial charge in [-0.05, 0) is 31.4 Å². The molecule has 0 saturated carbocycles. The van der Waals surface area contributed by atoms with Gasteiger partial charge in [-0.3, -0.25) is 4.79 Å². The third-order valence-corrected chi connectivity index (χ3v) is 3.55. The van der Waals surface area contributed by atoms with Crippen LogP contribution in [-0.4, -0.2) is 25.8 Å². The molecule has 2 aromatic heterocycles. The number of aromatic nitrogens is 4. The Labute approximate surface area is 115 Å². The zero-order valence-corrected chi connectivity index (χ0v) is 11.5. The largest absolute Gasteiger partial charge is 0.294 e. The molecular formula is C13H13ClN4O. The Morgan fingerprint density at radius 2 is 2.11 bits per heavy atom. The minimum Gasteiger partial charge on any atom is -0.294 e. The first-order chi connectivity index (χ1) is 9.06. The summed E-state index contributed by atoms with van der Waals surface area (Å²) in [5.41, 5.74) is 2.43. The number of fused-ring (bicyclic) bond motifs is 1. The summed E-state index contributed by atoms with van der Waals surface area (Å²) in [6.45, 7) is 3.92. The third kappa shape index (κ3) is 2.04. The maximum atomic E-state index is 12.1. The predicted octanol–water partition coefficient (Wildman–Crippen LogP) is 2.39. The van der Waals surface area contributed by atoms with Gasteiger partial charge in [0.2, 0.25) is 0 Å². The highest BCUT2D eigenvalue weighted by atomic mass is 35.5. The van der Waals surface area contributed by atoms with E-state index >= 15 is 0 Å². The van der Waals surface area contributed by atoms with Crippen molar-refractivity contribution < 1.29 is 4.79 Å². The number of ketones is 1. The summed E-state index contributed by atoms with van der Waals surface area (Å²) in [5.74, 6) is 1.09. The monoisotopic (exact) mass is 276 g/mol. The summed E-state index contributed by atoms with van der Waals surface area (Å²) in [5, 5.41) is 12.6. The molecule has 19 heavy (non-hydrogen) atoms. The van der Waals surface area contributed by atoms with E-state index in [4.69, 9.17) is 11.6 Å². The van der Waals surface area contributed by atoms with Gasteiger partial charge in [0, 0.05) is 6.42 Å². The lowest BCUT2D eigenvalue weighted by Gasteiger charge is -2.18. The van der Waals surface area contributed by atoms with Crippen molar-refractivity contribution in [3.63, 3.8) is 0 Å². The lowest BCUT2D eigenvalue weighted by molar-refractivity contribution is 0.0952. The summed E-state index contributed by atoms with van der Waals surface area (Å²) >= 11 is 5.74. The quantitative estimate of drug-likeness (QED) is 0.802. The van der Waals surface area contributed by atoms with Crippen molar-refractivity contribution in [2.45, 2.75) is 26.7 Å². The molecule has 0 radical (unpaired) electrons. The molecule has 1 aliphatic rings. The lowest BCUT2D eigenvalue weighted by Crippen LogP contribution is -2.20. The van der Waals surface area contributed by atoms with Gasteiger partial charge in [-0.25, -0.2) is 4.68 Å². The van der Waals surface area contributed by atoms with E-state index in [1.165, 1.54) is 0 Å². The maximum absolute atomic E-state index is 12.1. The van der Waals surface area contributed by atoms with Crippen LogP contribution in [0.5, 0.6) is 0 Å². The SMILES string of the molecule is Cc1nn(-c2ccc(Cl)nn2)c2c1C(=O)CC(C)C2. The molecule has 0 N–H and O–H groups in total. The Morgan fingerprint density at radius 1 is 1.32 bits per heavy atom. The van der Waals surface area contributed by atoms with Crippen molar-refractivity contribution >= 4 is 17.4 Å². The molecule has 1 unspecified atom stereocenters. The van der Waals surface area contributed by atoms with Crippen LogP contribution in [0.2, 0.25) is 5.15 Å². The summed E-state index contributed by atoms with van der Waals surface area (Å²) in [4.78, 5) is 12.1. The highest BCUT2D eigenvalue weighted by Gasteiger charge is 2.29. The van der Waals surface area contributed by atoms with Crippen molar-refractivity contribution in [2.24, 2.45) is 5.92 Å². The van der Waals surface area contributed by atoms with Gasteiger partial charge in [0.05, 0.1) is 17.0 Å². The number of nitrogens with zero attached hydrogens (tertiary/aromatic N) is 4. The van der Waals surface area contributed by atoms with Gasteiger partial charge in [0.1, 0.15) is 0 Å². The predicted molar refractivity (Wildman–Crippen MR) is 70.7 cm³/mol. The van der Waals surface area contributed by atoms with Gasteiger partial charge >= 0.3 is 0 Å². The number of aryl methyl sites for hydroxylation is 1. The molecule has 2 heterocycles. The van der Waals surface area contributed by atoms with Crippen LogP contribution in [0.4, 0.5) is 0 Å². The van der Waals surface area contributed by atoms with Crippen molar-refractivity contribution in [3.05, 3.63) is 34.2 Å². The molecule has 3 rings (SSSR count). The Kier molecular flexibility index (Phi) is 2.86. The number of carbonyl (C=O) groups excluding carboxylic acids is 1. The van der Waals surface area contributed by atoms with E-state index in [9.17, 15) is 4.79 Å². The zero-order chi connectivity index (χ0) is 13.6. The number of rotatable bonds is 1. The molecule has 1 atom stereocenters. The second-order valence-electron chi connectivity index (χ2n) is 4.97. The van der Waals surface area contributed by atoms with Gasteiger partial charge in [-0.15, -0.1) is 10.2 Å². The summed E-state index contributed by atoms with van der Waals surface area (Å²) in [7, 11) is 0. The second-order valence-corrected chi connectivity index (χ2v) is 5.36. The van der Waals surface area contributed by atoms with Crippen LogP contribution >= 0.6 is 11.6 Å². The van der Waals surface area contributed by atoms with Crippen LogP contribution in [-0.2, 0) is 6.42 Å². The summed E-state index contributed by atoms with van der Waals surface area (Å²) in [6.07, 6.45) is 1.41. The minimum absolute atomic E-state index is 0.166. The molecular weight excluding hydrogens is 264 g/mol. The third-order valence-electron chi connectivity index (χ3n) is 3.35. The molecule has 98 valence electrons. The van der Waals surface area contributed by atoms with Crippen LogP contribution in [0, 0.1) is 12.8 Å². The van der Waals surface area contributed by atoms with Crippen LogP contribution in [0.3, 0.4) is 0 Å². The number of hydrogen-bond acceptors (Lipinski definition) is 4. The Bertz CT molecular complexity index is 647. The molecule has 0 fully saturated rings. The molecule has 1 aliphatic carbocycles. The van der Waals surface area contributed by atoms with Crippen LogP contribution in [0.25, 0.3) is 5.82 Å². The van der Waals surface area contributed by atoms with Crippen molar-refractivity contribution in [3.8, 4) is 5.82 Å². The number of Topliss-reactive ketones (excluding diaryl/α,β-unsaturated/α-hetero) is 1. The Balaban J connectivity index is 2.16. The highest BCUT2D eigenvalue weighted by Crippen LogP contribution is 2.29. The van der Waals surface area contributed by atoms with Crippen molar-refractivity contribution in [1.82, 2.24) is 20.0 Å². The lowest BCUT2D eigenvalue weighted by atomic mass is 9.87. The van der Waals surface area contributed by atoms with Crippen LogP contribution < -0.4 is 0 Å². The van der Waals surface area contributed by atoms with Crippen LogP contribution in [0.1, 0.15) is 35.1 Å². The van der Waals surface area contributed by atoms with Crippen LogP contribution in [0.15, 0.2) is 12.1 Å². The van der Waals surface area contributed by atoms with Gasteiger partial charge in [-0.1, -0.05) is 18.5 Å². The van der Waals surface area contributed by atoms with E-state index in [0.717, 1.165) is 23.4 Å². The summed E-state index contributed by atoms with van der Waals surface area (Å²) in [6, 6.07) is 3.42. The molecule has 6 heteroatoms. The maximum Gasteiger partial charge on any atom is 0.176 e. The van der Waals surface area contributed by atoms with E-state index in [2.05, 4.69) is 22.2 Å². The van der Waals surface area contributed by atoms with Crippen molar-refractivity contribution in [2.75, 3.05) is 0 Å². The topological polar surface area (TPSA) is 60.7 Å². The number of carbonyl (C=O) groups is 1. The average Bonchev–Trinajstić information content (AvgIpc) is 2.67. The fourth-order valence-electron chi connectivity index (χ4n) is 2.56. The highest BCUT2D eigenvalue weighted by molar-refractivity contribution is 6.29. The number of halogens is 1. The van der Waals surface area contributed by atoms with Crippen molar-refractivity contribution in [1.29, 1.82) is 0 Å². The first kappa shape index (κ1) is 12.3. The smallest absolute Gasteiger partial charge is 0.176 e. The minimum atomic E-state index is 0.166. The molecule has 0 saturated heterocycles. The van der Waals surface area contributed by atoms with Gasteiger partial charge < -0.3 is 0 Å². The van der Waals surface area contributed by atoms with E-state index < -0.39 is 0 Å². The zero-order valence-electron chi connectivity index (χ0n) is 10.7. The van der Waals surface area contributed by atoms with E-state index in [-0.39, 0.29) is 5.78 Å².